The Hall–Kier alpha value is -5.36. The molecule has 0 radical (unpaired) electrons. The average Bonchev–Trinajstić information content (AvgIpc) is 3.50. The van der Waals surface area contributed by atoms with Crippen LogP contribution in [0.2, 0.25) is 0 Å². The van der Waals surface area contributed by atoms with Crippen LogP contribution < -0.4 is 9.47 Å². The Morgan fingerprint density at radius 1 is 0.667 bits per heavy atom. The Morgan fingerprint density at radius 3 is 2.24 bits per heavy atom. The van der Waals surface area contributed by atoms with Gasteiger partial charge in [-0.25, -0.2) is 9.67 Å². The third kappa shape index (κ3) is 4.38. The summed E-state index contributed by atoms with van der Waals surface area (Å²) in [6.45, 7) is 6.22. The molecule has 0 unspecified atom stereocenters. The van der Waals surface area contributed by atoms with Crippen LogP contribution >= 0.6 is 0 Å². The minimum absolute atomic E-state index is 0.661. The van der Waals surface area contributed by atoms with Gasteiger partial charge in [0, 0.05) is 52.5 Å². The molecule has 0 saturated carbocycles. The fourth-order valence-electron chi connectivity index (χ4n) is 5.81. The summed E-state index contributed by atoms with van der Waals surface area (Å²) in [7, 11) is 1.67. The topological polar surface area (TPSA) is 54.1 Å². The number of hydrogen-bond donors (Lipinski definition) is 0. The van der Waals surface area contributed by atoms with Gasteiger partial charge in [0.05, 0.1) is 29.5 Å². The van der Waals surface area contributed by atoms with E-state index in [1.165, 1.54) is 5.39 Å². The summed E-state index contributed by atoms with van der Waals surface area (Å²) in [5.41, 5.74) is 8.44. The third-order valence-electron chi connectivity index (χ3n) is 7.71. The average molecular weight is 551 g/mol. The molecule has 7 aromatic rings. The number of hydrogen-bond acceptors (Lipinski definition) is 4. The van der Waals surface area contributed by atoms with E-state index in [1.807, 2.05) is 66.3 Å². The molecule has 3 heterocycles. The van der Waals surface area contributed by atoms with Crippen molar-refractivity contribution in [2.24, 2.45) is 0 Å². The molecule has 42 heavy (non-hydrogen) atoms. The predicted molar refractivity (Wildman–Crippen MR) is 168 cm³/mol. The van der Waals surface area contributed by atoms with Gasteiger partial charge in [0.2, 0.25) is 0 Å². The maximum Gasteiger partial charge on any atom is 0.137 e. The van der Waals surface area contributed by atoms with Gasteiger partial charge in [0.25, 0.3) is 0 Å². The molecule has 0 saturated heterocycles. The lowest BCUT2D eigenvalue weighted by Gasteiger charge is -2.13. The molecular weight excluding hydrogens is 520 g/mol. The van der Waals surface area contributed by atoms with E-state index in [4.69, 9.17) is 19.6 Å². The van der Waals surface area contributed by atoms with E-state index in [2.05, 4.69) is 73.0 Å². The highest BCUT2D eigenvalue weighted by molar-refractivity contribution is 6.09. The van der Waals surface area contributed by atoms with Gasteiger partial charge in [-0.05, 0) is 62.2 Å². The van der Waals surface area contributed by atoms with E-state index in [-0.39, 0.29) is 0 Å². The molecule has 6 heteroatoms. The van der Waals surface area contributed by atoms with Crippen molar-refractivity contribution in [3.05, 3.63) is 126 Å². The van der Waals surface area contributed by atoms with E-state index >= 15 is 0 Å². The van der Waals surface area contributed by atoms with Crippen LogP contribution in [0, 0.1) is 20.8 Å². The molecule has 0 amide bonds. The highest BCUT2D eigenvalue weighted by atomic mass is 16.5. The summed E-state index contributed by atoms with van der Waals surface area (Å²) >= 11 is 0. The lowest BCUT2D eigenvalue weighted by molar-refractivity contribution is 0.408. The summed E-state index contributed by atoms with van der Waals surface area (Å²) in [4.78, 5) is 4.70. The second-order valence-corrected chi connectivity index (χ2v) is 10.5. The van der Waals surface area contributed by atoms with Crippen molar-refractivity contribution in [3.63, 3.8) is 0 Å². The Labute approximate surface area is 244 Å². The minimum Gasteiger partial charge on any atom is -0.497 e. The first kappa shape index (κ1) is 25.6. The number of methoxy groups -OCH3 is 1. The van der Waals surface area contributed by atoms with Crippen LogP contribution in [0.5, 0.6) is 17.2 Å². The predicted octanol–water partition coefficient (Wildman–Crippen LogP) is 8.76. The number of pyridine rings is 1. The fraction of sp³-hybridized carbons (Fsp3) is 0.111. The van der Waals surface area contributed by atoms with E-state index in [1.54, 1.807) is 7.11 Å². The summed E-state index contributed by atoms with van der Waals surface area (Å²) in [5.74, 6) is 2.95. The molecule has 0 bridgehead atoms. The van der Waals surface area contributed by atoms with E-state index < -0.39 is 0 Å². The van der Waals surface area contributed by atoms with E-state index in [0.29, 0.717) is 11.5 Å². The monoisotopic (exact) mass is 550 g/mol. The van der Waals surface area contributed by atoms with Gasteiger partial charge in [-0.3, -0.25) is 4.57 Å². The highest BCUT2D eigenvalue weighted by Gasteiger charge is 2.17. The number of aromatic nitrogens is 4. The Morgan fingerprint density at radius 2 is 1.43 bits per heavy atom. The van der Waals surface area contributed by atoms with Gasteiger partial charge in [-0.1, -0.05) is 48.5 Å². The molecule has 0 spiro atoms. The first-order chi connectivity index (χ1) is 20.5. The number of aryl methyl sites for hydroxylation is 2. The highest BCUT2D eigenvalue weighted by Crippen LogP contribution is 2.37. The van der Waals surface area contributed by atoms with Crippen LogP contribution in [0.15, 0.2) is 109 Å². The van der Waals surface area contributed by atoms with Crippen molar-refractivity contribution in [2.75, 3.05) is 7.11 Å². The van der Waals surface area contributed by atoms with Gasteiger partial charge >= 0.3 is 0 Å². The molecule has 7 rings (SSSR count). The first-order valence-electron chi connectivity index (χ1n) is 14.0. The van der Waals surface area contributed by atoms with E-state index in [9.17, 15) is 0 Å². The van der Waals surface area contributed by atoms with Crippen molar-refractivity contribution in [1.82, 2.24) is 19.3 Å². The Balaban J connectivity index is 1.32. The van der Waals surface area contributed by atoms with Gasteiger partial charge in [0.1, 0.15) is 23.1 Å². The zero-order chi connectivity index (χ0) is 28.8. The standard InChI is InChI=1S/C36H30N4O2/c1-23-16-17-37-35(18-23)39-33-13-9-8-12-31(33)32-15-14-28(22-34(32)39)42-30-20-27(19-29(21-30)41-4)40-25(3)36(24(2)38-40)26-10-6-5-7-11-26/h5-22H,1-4H3. The number of fused-ring (bicyclic) bond motifs is 3. The van der Waals surface area contributed by atoms with Gasteiger partial charge in [-0.2, -0.15) is 5.10 Å². The largest absolute Gasteiger partial charge is 0.497 e. The molecular formula is C36H30N4O2. The second-order valence-electron chi connectivity index (χ2n) is 10.5. The number of ether oxygens (including phenoxy) is 2. The Kier molecular flexibility index (Phi) is 6.24. The second kappa shape index (κ2) is 10.2. The molecule has 0 fully saturated rings. The normalized spacial score (nSPS) is 11.3. The lowest BCUT2D eigenvalue weighted by atomic mass is 10.0. The van der Waals surface area contributed by atoms with Crippen molar-refractivity contribution in [3.8, 4) is 39.9 Å². The number of nitrogens with zero attached hydrogens (tertiary/aromatic N) is 4. The summed E-state index contributed by atoms with van der Waals surface area (Å²) in [6, 6.07) is 35.0. The van der Waals surface area contributed by atoms with Crippen LogP contribution in [0.3, 0.4) is 0 Å². The van der Waals surface area contributed by atoms with Gasteiger partial charge in [-0.15, -0.1) is 0 Å². The molecule has 3 aromatic heterocycles. The molecule has 0 atom stereocenters. The zero-order valence-corrected chi connectivity index (χ0v) is 24.0. The fourth-order valence-corrected chi connectivity index (χ4v) is 5.81. The van der Waals surface area contributed by atoms with E-state index in [0.717, 1.165) is 61.8 Å². The van der Waals surface area contributed by atoms with Crippen LogP contribution in [-0.2, 0) is 0 Å². The molecule has 0 aliphatic carbocycles. The Bertz CT molecular complexity index is 2090. The zero-order valence-electron chi connectivity index (χ0n) is 24.0. The maximum atomic E-state index is 6.51. The number of para-hydroxylation sites is 1. The summed E-state index contributed by atoms with van der Waals surface area (Å²) in [6.07, 6.45) is 1.85. The molecule has 6 nitrogen and oxygen atoms in total. The number of rotatable bonds is 6. The molecule has 4 aromatic carbocycles. The minimum atomic E-state index is 0.661. The van der Waals surface area contributed by atoms with Gasteiger partial charge < -0.3 is 9.47 Å². The summed E-state index contributed by atoms with van der Waals surface area (Å²) < 4.78 is 16.3. The lowest BCUT2D eigenvalue weighted by Crippen LogP contribution is -2.01. The van der Waals surface area contributed by atoms with Crippen molar-refractivity contribution < 1.29 is 9.47 Å². The van der Waals surface area contributed by atoms with Crippen molar-refractivity contribution >= 4 is 21.8 Å². The number of benzene rings is 4. The van der Waals surface area contributed by atoms with Crippen molar-refractivity contribution in [1.29, 1.82) is 0 Å². The smallest absolute Gasteiger partial charge is 0.137 e. The third-order valence-corrected chi connectivity index (χ3v) is 7.71. The van der Waals surface area contributed by atoms with Crippen LogP contribution in [0.1, 0.15) is 17.0 Å². The maximum absolute atomic E-state index is 6.51. The quantitative estimate of drug-likeness (QED) is 0.208. The SMILES string of the molecule is COc1cc(Oc2ccc3c4ccccc4n(-c4cc(C)ccn4)c3c2)cc(-n2nc(C)c(-c3ccccc3)c2C)c1. The van der Waals surface area contributed by atoms with Crippen molar-refractivity contribution in [2.45, 2.75) is 20.8 Å². The molecule has 0 aliphatic heterocycles. The first-order valence-corrected chi connectivity index (χ1v) is 14.0. The molecule has 0 N–H and O–H groups in total. The van der Waals surface area contributed by atoms with Crippen LogP contribution in [-0.4, -0.2) is 26.4 Å². The van der Waals surface area contributed by atoms with Crippen LogP contribution in [0.25, 0.3) is 44.4 Å². The molecule has 206 valence electrons. The summed E-state index contributed by atoms with van der Waals surface area (Å²) in [5, 5.41) is 7.21. The van der Waals surface area contributed by atoms with Gasteiger partial charge in [0.15, 0.2) is 0 Å². The molecule has 0 aliphatic rings. The van der Waals surface area contributed by atoms with Crippen LogP contribution in [0.4, 0.5) is 0 Å².